The van der Waals surface area contributed by atoms with E-state index in [4.69, 9.17) is 5.11 Å². The van der Waals surface area contributed by atoms with E-state index in [2.05, 4.69) is 6.92 Å². The number of benzene rings is 1. The maximum Gasteiger partial charge on any atom is 0.423 e. The molecule has 17 heavy (non-hydrogen) atoms. The second-order valence-electron chi connectivity index (χ2n) is 3.38. The van der Waals surface area contributed by atoms with E-state index in [-0.39, 0.29) is 5.56 Å². The Morgan fingerprint density at radius 1 is 1.47 bits per heavy atom. The first-order valence-electron chi connectivity index (χ1n) is 4.57. The summed E-state index contributed by atoms with van der Waals surface area (Å²) in [4.78, 5) is 9.45. The van der Waals surface area contributed by atoms with Crippen molar-refractivity contribution in [3.63, 3.8) is 0 Å². The van der Waals surface area contributed by atoms with Crippen molar-refractivity contribution in [1.29, 1.82) is 0 Å². The van der Waals surface area contributed by atoms with Crippen LogP contribution in [0.4, 0.5) is 18.9 Å². The van der Waals surface area contributed by atoms with Gasteiger partial charge in [-0.2, -0.15) is 13.2 Å². The number of hydrogen-bond acceptors (Lipinski definition) is 3. The highest BCUT2D eigenvalue weighted by atomic mass is 19.4. The van der Waals surface area contributed by atoms with Crippen molar-refractivity contribution in [3.8, 4) is 0 Å². The highest BCUT2D eigenvalue weighted by molar-refractivity contribution is 5.49. The molecule has 0 fully saturated rings. The van der Waals surface area contributed by atoms with Gasteiger partial charge in [0.2, 0.25) is 0 Å². The third-order valence-electron chi connectivity index (χ3n) is 2.22. The second-order valence-corrected chi connectivity index (χ2v) is 3.38. The van der Waals surface area contributed by atoms with Gasteiger partial charge in [0.15, 0.2) is 0 Å². The van der Waals surface area contributed by atoms with Crippen molar-refractivity contribution in [1.82, 2.24) is 0 Å². The summed E-state index contributed by atoms with van der Waals surface area (Å²) < 4.78 is 38.3. The van der Waals surface area contributed by atoms with E-state index < -0.39 is 34.9 Å². The molecule has 1 atom stereocenters. The van der Waals surface area contributed by atoms with Gasteiger partial charge < -0.3 is 5.11 Å². The van der Waals surface area contributed by atoms with E-state index in [9.17, 15) is 23.3 Å². The first kappa shape index (κ1) is 13.4. The third-order valence-corrected chi connectivity index (χ3v) is 2.22. The summed E-state index contributed by atoms with van der Waals surface area (Å²) in [7, 11) is 0. The lowest BCUT2D eigenvalue weighted by molar-refractivity contribution is -0.388. The van der Waals surface area contributed by atoms with Gasteiger partial charge in [0.25, 0.3) is 5.69 Å². The van der Waals surface area contributed by atoms with Crippen LogP contribution in [0, 0.1) is 17.0 Å². The molecule has 0 saturated heterocycles. The molecule has 0 bridgehead atoms. The van der Waals surface area contributed by atoms with Gasteiger partial charge in [0.1, 0.15) is 5.56 Å². The maximum atomic E-state index is 12.8. The molecular formula is C10H9F3NO3. The van der Waals surface area contributed by atoms with E-state index in [1.807, 2.05) is 0 Å². The Kier molecular flexibility index (Phi) is 3.72. The molecule has 1 aromatic rings. The van der Waals surface area contributed by atoms with Crippen molar-refractivity contribution in [2.24, 2.45) is 0 Å². The normalized spacial score (nSPS) is 13.5. The zero-order valence-electron chi connectivity index (χ0n) is 8.57. The molecule has 1 rings (SSSR count). The summed E-state index contributed by atoms with van der Waals surface area (Å²) >= 11 is 0. The van der Waals surface area contributed by atoms with Crippen LogP contribution in [0.15, 0.2) is 18.2 Å². The Balaban J connectivity index is 3.51. The van der Waals surface area contributed by atoms with Crippen LogP contribution in [0.25, 0.3) is 0 Å². The second kappa shape index (κ2) is 4.70. The topological polar surface area (TPSA) is 63.4 Å². The van der Waals surface area contributed by atoms with E-state index in [0.29, 0.717) is 0 Å². The number of nitro benzene ring substituents is 1. The van der Waals surface area contributed by atoms with Crippen LogP contribution in [-0.2, 0) is 6.18 Å². The molecule has 93 valence electrons. The standard InChI is InChI=1S/C10H9F3NO3/c1-6(5-15)7-3-2-4-8(14(16)17)9(7)10(11,12)13/h2-4,6,15H,1,5H2. The minimum Gasteiger partial charge on any atom is -0.396 e. The lowest BCUT2D eigenvalue weighted by Crippen LogP contribution is -2.15. The SMILES string of the molecule is [CH2]C(CO)c1cccc([N+](=O)[O-])c1C(F)(F)F. The van der Waals surface area contributed by atoms with Crippen molar-refractivity contribution in [2.75, 3.05) is 6.61 Å². The Hall–Kier alpha value is -1.63. The minimum atomic E-state index is -4.86. The summed E-state index contributed by atoms with van der Waals surface area (Å²) in [6, 6.07) is 2.98. The lowest BCUT2D eigenvalue weighted by atomic mass is 9.94. The van der Waals surface area contributed by atoms with Gasteiger partial charge in [0, 0.05) is 18.6 Å². The molecule has 1 N–H and O–H groups in total. The number of aliphatic hydroxyl groups is 1. The number of hydrogen-bond donors (Lipinski definition) is 1. The van der Waals surface area contributed by atoms with Crippen molar-refractivity contribution in [2.45, 2.75) is 12.1 Å². The summed E-state index contributed by atoms with van der Waals surface area (Å²) in [5, 5.41) is 19.4. The zero-order chi connectivity index (χ0) is 13.2. The predicted molar refractivity (Wildman–Crippen MR) is 53.3 cm³/mol. The van der Waals surface area contributed by atoms with E-state index in [1.165, 1.54) is 0 Å². The van der Waals surface area contributed by atoms with Crippen LogP contribution in [0.2, 0.25) is 0 Å². The Bertz CT molecular complexity index is 431. The molecule has 1 unspecified atom stereocenters. The van der Waals surface area contributed by atoms with E-state index >= 15 is 0 Å². The maximum absolute atomic E-state index is 12.8. The Morgan fingerprint density at radius 2 is 2.06 bits per heavy atom. The summed E-state index contributed by atoms with van der Waals surface area (Å²) in [5.41, 5.74) is -2.76. The summed E-state index contributed by atoms with van der Waals surface area (Å²) in [6.45, 7) is 2.71. The summed E-state index contributed by atoms with van der Waals surface area (Å²) in [6.07, 6.45) is -4.86. The van der Waals surface area contributed by atoms with Crippen LogP contribution in [0.5, 0.6) is 0 Å². The average Bonchev–Trinajstić information content (AvgIpc) is 2.25. The van der Waals surface area contributed by atoms with E-state index in [1.54, 1.807) is 0 Å². The highest BCUT2D eigenvalue weighted by Gasteiger charge is 2.41. The molecule has 0 aliphatic carbocycles. The largest absolute Gasteiger partial charge is 0.423 e. The first-order valence-corrected chi connectivity index (χ1v) is 4.57. The monoisotopic (exact) mass is 248 g/mol. The third kappa shape index (κ3) is 2.73. The Morgan fingerprint density at radius 3 is 2.47 bits per heavy atom. The number of alkyl halides is 3. The smallest absolute Gasteiger partial charge is 0.396 e. The van der Waals surface area contributed by atoms with Crippen molar-refractivity contribution >= 4 is 5.69 Å². The molecular weight excluding hydrogens is 239 g/mol. The summed E-state index contributed by atoms with van der Waals surface area (Å²) in [5.74, 6) is -1.06. The molecule has 0 amide bonds. The van der Waals surface area contributed by atoms with Gasteiger partial charge in [-0.1, -0.05) is 12.1 Å². The van der Waals surface area contributed by atoms with Gasteiger partial charge in [0.05, 0.1) is 4.92 Å². The van der Waals surface area contributed by atoms with Gasteiger partial charge in [-0.05, 0) is 12.5 Å². The van der Waals surface area contributed by atoms with E-state index in [0.717, 1.165) is 18.2 Å². The van der Waals surface area contributed by atoms with Gasteiger partial charge in [-0.15, -0.1) is 0 Å². The van der Waals surface area contributed by atoms with Crippen LogP contribution in [0.3, 0.4) is 0 Å². The van der Waals surface area contributed by atoms with Crippen molar-refractivity contribution in [3.05, 3.63) is 46.4 Å². The minimum absolute atomic E-state index is 0.380. The number of nitro groups is 1. The van der Waals surface area contributed by atoms with Crippen LogP contribution in [0.1, 0.15) is 17.0 Å². The van der Waals surface area contributed by atoms with Gasteiger partial charge in [-0.3, -0.25) is 10.1 Å². The lowest BCUT2D eigenvalue weighted by Gasteiger charge is -2.16. The number of halogens is 3. The fourth-order valence-corrected chi connectivity index (χ4v) is 1.46. The van der Waals surface area contributed by atoms with Crippen LogP contribution in [-0.4, -0.2) is 16.6 Å². The number of aliphatic hydroxyl groups excluding tert-OH is 1. The fraction of sp³-hybridized carbons (Fsp3) is 0.300. The molecule has 0 saturated carbocycles. The predicted octanol–water partition coefficient (Wildman–Crippen LogP) is 2.52. The van der Waals surface area contributed by atoms with Gasteiger partial charge in [-0.25, -0.2) is 0 Å². The molecule has 0 aromatic heterocycles. The van der Waals surface area contributed by atoms with Crippen molar-refractivity contribution < 1.29 is 23.2 Å². The highest BCUT2D eigenvalue weighted by Crippen LogP contribution is 2.40. The quantitative estimate of drug-likeness (QED) is 0.660. The van der Waals surface area contributed by atoms with Crippen LogP contribution >= 0.6 is 0 Å². The molecule has 0 heterocycles. The molecule has 7 heteroatoms. The fourth-order valence-electron chi connectivity index (χ4n) is 1.46. The van der Waals surface area contributed by atoms with Crippen LogP contribution < -0.4 is 0 Å². The molecule has 0 spiro atoms. The molecule has 1 radical (unpaired) electrons. The average molecular weight is 248 g/mol. The molecule has 4 nitrogen and oxygen atoms in total. The first-order chi connectivity index (χ1) is 7.79. The number of rotatable bonds is 3. The van der Waals surface area contributed by atoms with Gasteiger partial charge >= 0.3 is 6.18 Å². The zero-order valence-corrected chi connectivity index (χ0v) is 8.57. The molecule has 0 aliphatic heterocycles. The molecule has 1 aromatic carbocycles. The number of nitrogens with zero attached hydrogens (tertiary/aromatic N) is 1. The Labute approximate surface area is 94.8 Å². The molecule has 0 aliphatic rings.